The number of amides is 1. The Morgan fingerprint density at radius 3 is 2.62 bits per heavy atom. The maximum absolute atomic E-state index is 12.5. The molecule has 1 amide bonds. The number of anilines is 1. The molecule has 0 radical (unpaired) electrons. The number of ketones is 1. The zero-order valence-corrected chi connectivity index (χ0v) is 15.9. The van der Waals surface area contributed by atoms with E-state index in [1.165, 1.54) is 29.4 Å². The van der Waals surface area contributed by atoms with E-state index >= 15 is 0 Å². The quantitative estimate of drug-likeness (QED) is 0.640. The molecule has 136 valence electrons. The van der Waals surface area contributed by atoms with Gasteiger partial charge >= 0.3 is 5.97 Å². The van der Waals surface area contributed by atoms with E-state index < -0.39 is 5.97 Å². The van der Waals surface area contributed by atoms with Crippen LogP contribution in [0.4, 0.5) is 5.00 Å². The van der Waals surface area contributed by atoms with Crippen LogP contribution < -0.4 is 5.32 Å². The number of fused-ring (bicyclic) bond motifs is 1. The maximum atomic E-state index is 12.5. The highest BCUT2D eigenvalue weighted by molar-refractivity contribution is 7.16. The van der Waals surface area contributed by atoms with E-state index in [9.17, 15) is 14.4 Å². The van der Waals surface area contributed by atoms with Gasteiger partial charge in [-0.1, -0.05) is 12.1 Å². The lowest BCUT2D eigenvalue weighted by molar-refractivity contribution is -0.114. The summed E-state index contributed by atoms with van der Waals surface area (Å²) >= 11 is 1.32. The fourth-order valence-corrected chi connectivity index (χ4v) is 4.25. The van der Waals surface area contributed by atoms with Crippen LogP contribution in [0.1, 0.15) is 55.6 Å². The third-order valence-corrected chi connectivity index (χ3v) is 5.76. The highest BCUT2D eigenvalue weighted by Crippen LogP contribution is 2.33. The van der Waals surface area contributed by atoms with Gasteiger partial charge in [0.1, 0.15) is 5.00 Å². The molecule has 0 spiro atoms. The summed E-state index contributed by atoms with van der Waals surface area (Å²) in [7, 11) is 0. The Morgan fingerprint density at radius 1 is 1.15 bits per heavy atom. The zero-order chi connectivity index (χ0) is 18.8. The van der Waals surface area contributed by atoms with E-state index in [0.29, 0.717) is 16.1 Å². The summed E-state index contributed by atoms with van der Waals surface area (Å²) in [5, 5.41) is 3.12. The summed E-state index contributed by atoms with van der Waals surface area (Å²) in [6, 6.07) is 5.68. The molecule has 1 N–H and O–H groups in total. The Labute approximate surface area is 156 Å². The number of benzene rings is 1. The second kappa shape index (κ2) is 7.41. The van der Waals surface area contributed by atoms with E-state index in [4.69, 9.17) is 4.74 Å². The lowest BCUT2D eigenvalue weighted by Gasteiger charge is -2.08. The molecule has 0 aliphatic heterocycles. The van der Waals surface area contributed by atoms with Crippen molar-refractivity contribution < 1.29 is 19.1 Å². The molecule has 1 aliphatic carbocycles. The number of Topliss-reactive ketones (excluding diaryl/α,β-unsaturated/α-hetero) is 1. The number of rotatable bonds is 5. The predicted molar refractivity (Wildman–Crippen MR) is 101 cm³/mol. The largest absolute Gasteiger partial charge is 0.454 e. The van der Waals surface area contributed by atoms with Gasteiger partial charge in [0.15, 0.2) is 12.4 Å². The number of carbonyl (C=O) groups is 3. The van der Waals surface area contributed by atoms with Crippen LogP contribution in [0, 0.1) is 13.8 Å². The average molecular weight is 371 g/mol. The molecule has 0 atom stereocenters. The van der Waals surface area contributed by atoms with Gasteiger partial charge in [0.25, 0.3) is 0 Å². The topological polar surface area (TPSA) is 72.5 Å². The van der Waals surface area contributed by atoms with Crippen molar-refractivity contribution in [1.29, 1.82) is 0 Å². The van der Waals surface area contributed by atoms with E-state index in [-0.39, 0.29) is 18.3 Å². The first-order valence-corrected chi connectivity index (χ1v) is 9.38. The second-order valence-corrected chi connectivity index (χ2v) is 7.73. The second-order valence-electron chi connectivity index (χ2n) is 6.50. The van der Waals surface area contributed by atoms with Crippen molar-refractivity contribution in [3.8, 4) is 0 Å². The van der Waals surface area contributed by atoms with Crippen LogP contribution in [0.5, 0.6) is 0 Å². The van der Waals surface area contributed by atoms with Crippen molar-refractivity contribution in [2.45, 2.75) is 40.0 Å². The van der Waals surface area contributed by atoms with Gasteiger partial charge in [-0.25, -0.2) is 4.79 Å². The summed E-state index contributed by atoms with van der Waals surface area (Å²) in [4.78, 5) is 37.1. The molecule has 1 heterocycles. The Bertz CT molecular complexity index is 897. The minimum absolute atomic E-state index is 0.223. The Balaban J connectivity index is 1.71. The first-order valence-electron chi connectivity index (χ1n) is 8.56. The van der Waals surface area contributed by atoms with Crippen LogP contribution in [0.15, 0.2) is 18.2 Å². The average Bonchev–Trinajstić information content (AvgIpc) is 3.16. The molecule has 26 heavy (non-hydrogen) atoms. The first-order chi connectivity index (χ1) is 12.4. The monoisotopic (exact) mass is 371 g/mol. The van der Waals surface area contributed by atoms with Crippen LogP contribution in [-0.4, -0.2) is 24.3 Å². The summed E-state index contributed by atoms with van der Waals surface area (Å²) in [5.41, 5.74) is 4.15. The van der Waals surface area contributed by atoms with Crippen molar-refractivity contribution in [1.82, 2.24) is 0 Å². The van der Waals surface area contributed by atoms with Crippen LogP contribution in [0.2, 0.25) is 0 Å². The number of nitrogens with one attached hydrogen (secondary N) is 1. The molecule has 1 aromatic heterocycles. The standard InChI is InChI=1S/C20H21NO4S/c1-11-12(2)26-19(21-13(3)22)18(11)20(24)25-10-17(23)16-8-7-14-5-4-6-15(14)9-16/h7-9H,4-6,10H2,1-3H3,(H,21,22). The normalized spacial score (nSPS) is 12.6. The van der Waals surface area contributed by atoms with E-state index in [2.05, 4.69) is 5.32 Å². The molecule has 5 nitrogen and oxygen atoms in total. The van der Waals surface area contributed by atoms with Gasteiger partial charge in [-0.05, 0) is 55.9 Å². The molecule has 6 heteroatoms. The molecule has 0 unspecified atom stereocenters. The highest BCUT2D eigenvalue weighted by Gasteiger charge is 2.23. The Morgan fingerprint density at radius 2 is 1.88 bits per heavy atom. The summed E-state index contributed by atoms with van der Waals surface area (Å²) in [6.07, 6.45) is 3.16. The highest BCUT2D eigenvalue weighted by atomic mass is 32.1. The minimum atomic E-state index is -0.592. The van der Waals surface area contributed by atoms with Gasteiger partial charge in [0, 0.05) is 17.4 Å². The number of hydrogen-bond donors (Lipinski definition) is 1. The van der Waals surface area contributed by atoms with E-state index in [1.54, 1.807) is 13.0 Å². The lowest BCUT2D eigenvalue weighted by Crippen LogP contribution is -2.16. The maximum Gasteiger partial charge on any atom is 0.341 e. The van der Waals surface area contributed by atoms with Crippen LogP contribution in [0.3, 0.4) is 0 Å². The molecule has 0 bridgehead atoms. The number of ether oxygens (including phenoxy) is 1. The molecule has 2 aromatic rings. The molecule has 1 aliphatic rings. The third-order valence-electron chi connectivity index (χ3n) is 4.63. The van der Waals surface area contributed by atoms with Crippen molar-refractivity contribution in [2.24, 2.45) is 0 Å². The number of hydrogen-bond acceptors (Lipinski definition) is 5. The molecule has 0 fully saturated rings. The van der Waals surface area contributed by atoms with Crippen molar-refractivity contribution >= 4 is 34.0 Å². The molecule has 1 aromatic carbocycles. The fourth-order valence-electron chi connectivity index (χ4n) is 3.15. The molecule has 0 saturated heterocycles. The van der Waals surface area contributed by atoms with Gasteiger partial charge in [0.2, 0.25) is 5.91 Å². The fraction of sp³-hybridized carbons (Fsp3) is 0.350. The van der Waals surface area contributed by atoms with E-state index in [1.807, 2.05) is 19.1 Å². The third kappa shape index (κ3) is 3.70. The molecule has 0 saturated carbocycles. The summed E-state index contributed by atoms with van der Waals surface area (Å²) < 4.78 is 5.25. The lowest BCUT2D eigenvalue weighted by atomic mass is 10.0. The van der Waals surface area contributed by atoms with Crippen molar-refractivity contribution in [3.63, 3.8) is 0 Å². The van der Waals surface area contributed by atoms with Crippen LogP contribution in [-0.2, 0) is 22.4 Å². The molecular weight excluding hydrogens is 350 g/mol. The number of thiophene rings is 1. The number of carbonyl (C=O) groups excluding carboxylic acids is 3. The molecule has 3 rings (SSSR count). The van der Waals surface area contributed by atoms with Gasteiger partial charge in [-0.15, -0.1) is 11.3 Å². The van der Waals surface area contributed by atoms with Gasteiger partial charge in [-0.2, -0.15) is 0 Å². The minimum Gasteiger partial charge on any atom is -0.454 e. The summed E-state index contributed by atoms with van der Waals surface area (Å²) in [6.45, 7) is 4.75. The molecular formula is C20H21NO4S. The SMILES string of the molecule is CC(=O)Nc1sc(C)c(C)c1C(=O)OCC(=O)c1ccc2c(c1)CCC2. The number of esters is 1. The summed E-state index contributed by atoms with van der Waals surface area (Å²) in [5.74, 6) is -1.07. The van der Waals surface area contributed by atoms with Crippen molar-refractivity contribution in [3.05, 3.63) is 50.9 Å². The predicted octanol–water partition coefficient (Wildman–Crippen LogP) is 3.85. The zero-order valence-electron chi connectivity index (χ0n) is 15.1. The van der Waals surface area contributed by atoms with E-state index in [0.717, 1.165) is 29.7 Å². The Kier molecular flexibility index (Phi) is 5.23. The van der Waals surface area contributed by atoms with Gasteiger partial charge < -0.3 is 10.1 Å². The van der Waals surface area contributed by atoms with Crippen LogP contribution >= 0.6 is 11.3 Å². The van der Waals surface area contributed by atoms with Gasteiger partial charge in [-0.3, -0.25) is 9.59 Å². The smallest absolute Gasteiger partial charge is 0.341 e. The first kappa shape index (κ1) is 18.3. The van der Waals surface area contributed by atoms with Crippen molar-refractivity contribution in [2.75, 3.05) is 11.9 Å². The van der Waals surface area contributed by atoms with Gasteiger partial charge in [0.05, 0.1) is 5.56 Å². The number of aryl methyl sites for hydroxylation is 3. The van der Waals surface area contributed by atoms with Crippen LogP contribution in [0.25, 0.3) is 0 Å². The Hall–Kier alpha value is -2.47.